The summed E-state index contributed by atoms with van der Waals surface area (Å²) >= 11 is 0. The Morgan fingerprint density at radius 1 is 1.26 bits per heavy atom. The summed E-state index contributed by atoms with van der Waals surface area (Å²) in [7, 11) is 0. The summed E-state index contributed by atoms with van der Waals surface area (Å²) in [4.78, 5) is 11.5. The van der Waals surface area contributed by atoms with Gasteiger partial charge in [0.1, 0.15) is 5.82 Å². The molecule has 0 saturated heterocycles. The summed E-state index contributed by atoms with van der Waals surface area (Å²) < 4.78 is 12.9. The number of hydrogen-bond donors (Lipinski definition) is 3. The molecule has 1 aromatic carbocycles. The van der Waals surface area contributed by atoms with E-state index in [2.05, 4.69) is 10.6 Å². The van der Waals surface area contributed by atoms with Crippen LogP contribution in [0.25, 0.3) is 0 Å². The Morgan fingerprint density at radius 3 is 2.47 bits per heavy atom. The molecule has 0 aliphatic heterocycles. The highest BCUT2D eigenvalue weighted by atomic mass is 19.1. The van der Waals surface area contributed by atoms with E-state index in [1.807, 2.05) is 0 Å². The average molecular weight is 266 g/mol. The second-order valence-electron chi connectivity index (χ2n) is 4.97. The van der Waals surface area contributed by atoms with Gasteiger partial charge in [-0.25, -0.2) is 9.18 Å². The van der Waals surface area contributed by atoms with Crippen LogP contribution in [0, 0.1) is 5.82 Å². The van der Waals surface area contributed by atoms with E-state index in [1.54, 1.807) is 12.1 Å². The number of nitrogens with one attached hydrogen (secondary N) is 2. The topological polar surface area (TPSA) is 61.4 Å². The first kappa shape index (κ1) is 13.8. The quantitative estimate of drug-likeness (QED) is 0.757. The van der Waals surface area contributed by atoms with Crippen LogP contribution in [-0.2, 0) is 5.41 Å². The molecule has 1 aliphatic carbocycles. The van der Waals surface area contributed by atoms with Gasteiger partial charge in [-0.1, -0.05) is 18.6 Å². The minimum absolute atomic E-state index is 0.0652. The molecule has 0 heterocycles. The summed E-state index contributed by atoms with van der Waals surface area (Å²) in [5, 5.41) is 14.0. The van der Waals surface area contributed by atoms with E-state index in [0.717, 1.165) is 24.8 Å². The monoisotopic (exact) mass is 266 g/mol. The second kappa shape index (κ2) is 6.02. The maximum Gasteiger partial charge on any atom is 0.314 e. The van der Waals surface area contributed by atoms with Crippen molar-refractivity contribution < 1.29 is 14.3 Å². The zero-order chi connectivity index (χ0) is 13.7. The molecule has 0 spiro atoms. The van der Waals surface area contributed by atoms with E-state index in [4.69, 9.17) is 5.11 Å². The molecule has 4 nitrogen and oxygen atoms in total. The lowest BCUT2D eigenvalue weighted by Crippen LogP contribution is -2.48. The maximum absolute atomic E-state index is 12.9. The van der Waals surface area contributed by atoms with Crippen molar-refractivity contribution in [2.45, 2.75) is 24.7 Å². The molecule has 0 atom stereocenters. The van der Waals surface area contributed by atoms with Gasteiger partial charge >= 0.3 is 6.03 Å². The second-order valence-corrected chi connectivity index (χ2v) is 4.97. The number of rotatable bonds is 5. The van der Waals surface area contributed by atoms with Crippen LogP contribution in [-0.4, -0.2) is 30.8 Å². The number of amides is 2. The molecule has 1 aromatic rings. The smallest absolute Gasteiger partial charge is 0.314 e. The van der Waals surface area contributed by atoms with Crippen molar-refractivity contribution in [2.75, 3.05) is 19.7 Å². The lowest BCUT2D eigenvalue weighted by atomic mass is 9.64. The zero-order valence-corrected chi connectivity index (χ0v) is 10.8. The summed E-state index contributed by atoms with van der Waals surface area (Å²) in [6.45, 7) is 0.710. The van der Waals surface area contributed by atoms with E-state index in [-0.39, 0.29) is 30.4 Å². The predicted molar refractivity (Wildman–Crippen MR) is 70.4 cm³/mol. The molecule has 5 heteroatoms. The molecule has 0 bridgehead atoms. The first-order valence-electron chi connectivity index (χ1n) is 6.55. The normalized spacial score (nSPS) is 16.5. The third-order valence-electron chi connectivity index (χ3n) is 3.75. The van der Waals surface area contributed by atoms with Crippen molar-refractivity contribution in [3.63, 3.8) is 0 Å². The molecule has 3 N–H and O–H groups in total. The summed E-state index contributed by atoms with van der Waals surface area (Å²) in [6, 6.07) is 6.23. The molecule has 0 unspecified atom stereocenters. The zero-order valence-electron chi connectivity index (χ0n) is 10.8. The summed E-state index contributed by atoms with van der Waals surface area (Å²) in [5.41, 5.74) is 1.01. The lowest BCUT2D eigenvalue weighted by molar-refractivity contribution is 0.212. The molecule has 1 fully saturated rings. The molecule has 2 rings (SSSR count). The van der Waals surface area contributed by atoms with E-state index >= 15 is 0 Å². The van der Waals surface area contributed by atoms with Crippen molar-refractivity contribution in [2.24, 2.45) is 0 Å². The van der Waals surface area contributed by atoms with Gasteiger partial charge in [0.2, 0.25) is 0 Å². The fourth-order valence-electron chi connectivity index (χ4n) is 2.46. The van der Waals surface area contributed by atoms with Crippen molar-refractivity contribution in [1.29, 1.82) is 0 Å². The summed E-state index contributed by atoms with van der Waals surface area (Å²) in [5.74, 6) is -0.244. The van der Waals surface area contributed by atoms with Crippen LogP contribution >= 0.6 is 0 Å². The highest BCUT2D eigenvalue weighted by molar-refractivity contribution is 5.74. The Labute approximate surface area is 112 Å². The van der Waals surface area contributed by atoms with Crippen LogP contribution in [0.4, 0.5) is 9.18 Å². The van der Waals surface area contributed by atoms with Gasteiger partial charge in [-0.3, -0.25) is 0 Å². The van der Waals surface area contributed by atoms with Crippen LogP contribution in [0.3, 0.4) is 0 Å². The van der Waals surface area contributed by atoms with Gasteiger partial charge < -0.3 is 15.7 Å². The number of carbonyl (C=O) groups is 1. The van der Waals surface area contributed by atoms with Gasteiger partial charge in [0.15, 0.2) is 0 Å². The van der Waals surface area contributed by atoms with E-state index < -0.39 is 0 Å². The van der Waals surface area contributed by atoms with Crippen molar-refractivity contribution >= 4 is 6.03 Å². The Bertz CT molecular complexity index is 430. The number of aliphatic hydroxyl groups is 1. The molecule has 1 saturated carbocycles. The van der Waals surface area contributed by atoms with Crippen LogP contribution in [0.1, 0.15) is 24.8 Å². The van der Waals surface area contributed by atoms with Crippen LogP contribution in [0.2, 0.25) is 0 Å². The number of urea groups is 1. The Morgan fingerprint density at radius 2 is 1.95 bits per heavy atom. The van der Waals surface area contributed by atoms with Crippen LogP contribution in [0.15, 0.2) is 24.3 Å². The Kier molecular flexibility index (Phi) is 4.37. The van der Waals surface area contributed by atoms with Crippen molar-refractivity contribution in [1.82, 2.24) is 10.6 Å². The highest BCUT2D eigenvalue weighted by Gasteiger charge is 2.38. The standard InChI is InChI=1S/C14H19FN2O2/c15-12-4-2-11(3-5-12)14(6-1-7-14)10-17-13(19)16-8-9-18/h2-5,18H,1,6-10H2,(H2,16,17,19). The molecule has 104 valence electrons. The molecular weight excluding hydrogens is 247 g/mol. The Balaban J connectivity index is 1.95. The SMILES string of the molecule is O=C(NCCO)NCC1(c2ccc(F)cc2)CCC1. The van der Waals surface area contributed by atoms with Gasteiger partial charge in [-0.05, 0) is 30.5 Å². The largest absolute Gasteiger partial charge is 0.395 e. The maximum atomic E-state index is 12.9. The third-order valence-corrected chi connectivity index (χ3v) is 3.75. The molecule has 1 aliphatic rings. The summed E-state index contributed by atoms with van der Waals surface area (Å²) in [6.07, 6.45) is 3.12. The highest BCUT2D eigenvalue weighted by Crippen LogP contribution is 2.43. The fraction of sp³-hybridized carbons (Fsp3) is 0.500. The minimum atomic E-state index is -0.276. The molecule has 2 amide bonds. The van der Waals surface area contributed by atoms with Gasteiger partial charge in [-0.2, -0.15) is 0 Å². The van der Waals surface area contributed by atoms with E-state index in [0.29, 0.717) is 6.54 Å². The average Bonchev–Trinajstić information content (AvgIpc) is 2.37. The molecule has 0 aromatic heterocycles. The number of benzene rings is 1. The van der Waals surface area contributed by atoms with Gasteiger partial charge in [0.25, 0.3) is 0 Å². The fourth-order valence-corrected chi connectivity index (χ4v) is 2.46. The number of carbonyl (C=O) groups excluding carboxylic acids is 1. The van der Waals surface area contributed by atoms with Gasteiger partial charge in [-0.15, -0.1) is 0 Å². The first-order chi connectivity index (χ1) is 9.16. The molecule has 19 heavy (non-hydrogen) atoms. The first-order valence-corrected chi connectivity index (χ1v) is 6.55. The third kappa shape index (κ3) is 3.23. The predicted octanol–water partition coefficient (Wildman–Crippen LogP) is 1.54. The van der Waals surface area contributed by atoms with Crippen LogP contribution < -0.4 is 10.6 Å². The number of aliphatic hydroxyl groups excluding tert-OH is 1. The molecular formula is C14H19FN2O2. The number of halogens is 1. The van der Waals surface area contributed by atoms with E-state index in [1.165, 1.54) is 12.1 Å². The molecule has 0 radical (unpaired) electrons. The van der Waals surface area contributed by atoms with Crippen molar-refractivity contribution in [3.05, 3.63) is 35.6 Å². The van der Waals surface area contributed by atoms with Gasteiger partial charge in [0.05, 0.1) is 6.61 Å². The Hall–Kier alpha value is -1.62. The van der Waals surface area contributed by atoms with Crippen molar-refractivity contribution in [3.8, 4) is 0 Å². The minimum Gasteiger partial charge on any atom is -0.395 e. The van der Waals surface area contributed by atoms with Gasteiger partial charge in [0, 0.05) is 18.5 Å². The number of hydrogen-bond acceptors (Lipinski definition) is 2. The lowest BCUT2D eigenvalue weighted by Gasteiger charge is -2.42. The van der Waals surface area contributed by atoms with Crippen LogP contribution in [0.5, 0.6) is 0 Å². The van der Waals surface area contributed by atoms with E-state index in [9.17, 15) is 9.18 Å².